The summed E-state index contributed by atoms with van der Waals surface area (Å²) in [6.07, 6.45) is 0. The van der Waals surface area contributed by atoms with Gasteiger partial charge in [0.05, 0.1) is 13.2 Å². The number of hydrogen-bond acceptors (Lipinski definition) is 6. The first-order chi connectivity index (χ1) is 12.0. The fourth-order valence-corrected chi connectivity index (χ4v) is 2.07. The second-order valence-electron chi connectivity index (χ2n) is 4.94. The number of ether oxygens (including phenoxy) is 2. The van der Waals surface area contributed by atoms with E-state index in [-0.39, 0.29) is 36.7 Å². The lowest BCUT2D eigenvalue weighted by atomic mass is 10.1. The van der Waals surface area contributed by atoms with E-state index < -0.39 is 23.5 Å². The lowest BCUT2D eigenvalue weighted by molar-refractivity contribution is 0.0505. The van der Waals surface area contributed by atoms with Crippen LogP contribution in [0.25, 0.3) is 0 Å². The van der Waals surface area contributed by atoms with Crippen molar-refractivity contribution in [1.82, 2.24) is 9.78 Å². The van der Waals surface area contributed by atoms with Gasteiger partial charge < -0.3 is 9.47 Å². The molecule has 132 valence electrons. The molecule has 1 heterocycles. The van der Waals surface area contributed by atoms with Gasteiger partial charge in [0.25, 0.3) is 0 Å². The number of aromatic nitrogens is 2. The minimum atomic E-state index is -0.711. The third-order valence-electron chi connectivity index (χ3n) is 3.21. The van der Waals surface area contributed by atoms with Crippen LogP contribution in [0.1, 0.15) is 45.2 Å². The second kappa shape index (κ2) is 8.18. The maximum atomic E-state index is 13.0. The molecule has 1 aromatic carbocycles. The number of halogens is 1. The average molecular weight is 348 g/mol. The molecule has 0 bridgehead atoms. The molecular weight excluding hydrogens is 331 g/mol. The molecule has 25 heavy (non-hydrogen) atoms. The predicted octanol–water partition coefficient (Wildman–Crippen LogP) is 2.26. The van der Waals surface area contributed by atoms with E-state index in [0.717, 1.165) is 16.8 Å². The number of carbonyl (C=O) groups excluding carboxylic acids is 3. The molecule has 0 fully saturated rings. The van der Waals surface area contributed by atoms with E-state index in [1.807, 2.05) is 0 Å². The Morgan fingerprint density at radius 2 is 1.64 bits per heavy atom. The molecule has 0 unspecified atom stereocenters. The SMILES string of the molecule is CCOC(=O)c1cc(C(=O)OCC)n(CC(=O)c2ccc(F)cc2)n1. The van der Waals surface area contributed by atoms with Gasteiger partial charge in [0.15, 0.2) is 11.5 Å². The molecule has 0 spiro atoms. The van der Waals surface area contributed by atoms with Crippen LogP contribution in [0.4, 0.5) is 4.39 Å². The monoisotopic (exact) mass is 348 g/mol. The molecule has 0 N–H and O–H groups in total. The van der Waals surface area contributed by atoms with E-state index >= 15 is 0 Å². The average Bonchev–Trinajstić information content (AvgIpc) is 3.00. The van der Waals surface area contributed by atoms with Crippen molar-refractivity contribution in [2.75, 3.05) is 13.2 Å². The number of rotatable bonds is 7. The van der Waals surface area contributed by atoms with E-state index in [0.29, 0.717) is 0 Å². The lowest BCUT2D eigenvalue weighted by Gasteiger charge is -2.06. The van der Waals surface area contributed by atoms with Gasteiger partial charge in [0, 0.05) is 11.6 Å². The van der Waals surface area contributed by atoms with Gasteiger partial charge in [0.1, 0.15) is 18.1 Å². The summed E-state index contributed by atoms with van der Waals surface area (Å²) >= 11 is 0. The molecule has 0 aliphatic carbocycles. The highest BCUT2D eigenvalue weighted by atomic mass is 19.1. The highest BCUT2D eigenvalue weighted by molar-refractivity contribution is 5.97. The topological polar surface area (TPSA) is 87.5 Å². The Bertz CT molecular complexity index is 783. The Hall–Kier alpha value is -3.03. The maximum absolute atomic E-state index is 13.0. The van der Waals surface area contributed by atoms with Crippen LogP contribution in [0.3, 0.4) is 0 Å². The molecule has 0 radical (unpaired) electrons. The van der Waals surface area contributed by atoms with Crippen molar-refractivity contribution < 1.29 is 28.2 Å². The van der Waals surface area contributed by atoms with E-state index in [4.69, 9.17) is 9.47 Å². The van der Waals surface area contributed by atoms with E-state index in [1.54, 1.807) is 13.8 Å². The summed E-state index contributed by atoms with van der Waals surface area (Å²) < 4.78 is 23.8. The molecule has 2 rings (SSSR count). The summed E-state index contributed by atoms with van der Waals surface area (Å²) in [7, 11) is 0. The summed E-state index contributed by atoms with van der Waals surface area (Å²) in [4.78, 5) is 36.1. The first kappa shape index (κ1) is 18.3. The van der Waals surface area contributed by atoms with Crippen LogP contribution < -0.4 is 0 Å². The highest BCUT2D eigenvalue weighted by Gasteiger charge is 2.22. The van der Waals surface area contributed by atoms with E-state index in [2.05, 4.69) is 5.10 Å². The van der Waals surface area contributed by atoms with Gasteiger partial charge in [-0.1, -0.05) is 0 Å². The normalized spacial score (nSPS) is 10.4. The van der Waals surface area contributed by atoms with Crippen molar-refractivity contribution in [3.8, 4) is 0 Å². The van der Waals surface area contributed by atoms with Gasteiger partial charge in [-0.15, -0.1) is 0 Å². The molecule has 0 saturated carbocycles. The van der Waals surface area contributed by atoms with E-state index in [1.165, 1.54) is 18.2 Å². The van der Waals surface area contributed by atoms with Crippen LogP contribution in [0, 0.1) is 5.82 Å². The van der Waals surface area contributed by atoms with Gasteiger partial charge >= 0.3 is 11.9 Å². The Morgan fingerprint density at radius 3 is 2.24 bits per heavy atom. The van der Waals surface area contributed by atoms with Crippen LogP contribution in [0.2, 0.25) is 0 Å². The van der Waals surface area contributed by atoms with Gasteiger partial charge in [-0.3, -0.25) is 4.79 Å². The molecule has 2 aromatic rings. The molecule has 7 nitrogen and oxygen atoms in total. The predicted molar refractivity (Wildman–Crippen MR) is 84.9 cm³/mol. The van der Waals surface area contributed by atoms with Crippen LogP contribution >= 0.6 is 0 Å². The van der Waals surface area contributed by atoms with Crippen molar-refractivity contribution in [3.05, 3.63) is 53.1 Å². The van der Waals surface area contributed by atoms with Crippen LogP contribution in [-0.2, 0) is 16.0 Å². The summed E-state index contributed by atoms with van der Waals surface area (Å²) in [5, 5.41) is 3.96. The van der Waals surface area contributed by atoms with Crippen LogP contribution in [0.15, 0.2) is 30.3 Å². The minimum absolute atomic E-state index is 0.0413. The lowest BCUT2D eigenvalue weighted by Crippen LogP contribution is -2.18. The molecule has 0 atom stereocenters. The fourth-order valence-electron chi connectivity index (χ4n) is 2.07. The number of ketones is 1. The number of nitrogens with zero attached hydrogens (tertiary/aromatic N) is 2. The van der Waals surface area contributed by atoms with Crippen molar-refractivity contribution in [2.24, 2.45) is 0 Å². The first-order valence-electron chi connectivity index (χ1n) is 7.67. The van der Waals surface area contributed by atoms with Crippen molar-refractivity contribution in [1.29, 1.82) is 0 Å². The third-order valence-corrected chi connectivity index (χ3v) is 3.21. The van der Waals surface area contributed by atoms with Crippen LogP contribution in [-0.4, -0.2) is 40.7 Å². The largest absolute Gasteiger partial charge is 0.461 e. The molecular formula is C17H17FN2O5. The molecule has 0 aliphatic heterocycles. The Kier molecular flexibility index (Phi) is 5.99. The quantitative estimate of drug-likeness (QED) is 0.563. The molecule has 0 aliphatic rings. The maximum Gasteiger partial charge on any atom is 0.358 e. The zero-order chi connectivity index (χ0) is 18.4. The number of hydrogen-bond donors (Lipinski definition) is 0. The Morgan fingerprint density at radius 1 is 1.04 bits per heavy atom. The summed E-state index contributed by atoms with van der Waals surface area (Å²) in [5.74, 6) is -2.28. The molecule has 0 saturated heterocycles. The summed E-state index contributed by atoms with van der Waals surface area (Å²) in [6, 6.07) is 6.20. The molecule has 0 amide bonds. The summed E-state index contributed by atoms with van der Waals surface area (Å²) in [6.45, 7) is 3.24. The summed E-state index contributed by atoms with van der Waals surface area (Å²) in [5.41, 5.74) is 0.113. The standard InChI is InChI=1S/C17H17FN2O5/c1-3-24-16(22)13-9-14(17(23)25-4-2)20(19-13)10-15(21)11-5-7-12(18)8-6-11/h5-9H,3-4,10H2,1-2H3. The number of esters is 2. The van der Waals surface area contributed by atoms with Crippen molar-refractivity contribution in [2.45, 2.75) is 20.4 Å². The first-order valence-corrected chi connectivity index (χ1v) is 7.67. The fraction of sp³-hybridized carbons (Fsp3) is 0.294. The van der Waals surface area contributed by atoms with Gasteiger partial charge in [-0.05, 0) is 38.1 Å². The molecule has 8 heteroatoms. The van der Waals surface area contributed by atoms with Crippen molar-refractivity contribution >= 4 is 17.7 Å². The highest BCUT2D eigenvalue weighted by Crippen LogP contribution is 2.11. The van der Waals surface area contributed by atoms with Gasteiger partial charge in [-0.25, -0.2) is 18.7 Å². The zero-order valence-electron chi connectivity index (χ0n) is 13.8. The zero-order valence-corrected chi connectivity index (χ0v) is 13.8. The van der Waals surface area contributed by atoms with Gasteiger partial charge in [-0.2, -0.15) is 5.10 Å². The second-order valence-corrected chi connectivity index (χ2v) is 4.94. The molecule has 1 aromatic heterocycles. The van der Waals surface area contributed by atoms with Crippen LogP contribution in [0.5, 0.6) is 0 Å². The number of carbonyl (C=O) groups is 3. The minimum Gasteiger partial charge on any atom is -0.461 e. The van der Waals surface area contributed by atoms with E-state index in [9.17, 15) is 18.8 Å². The Balaban J connectivity index is 2.30. The smallest absolute Gasteiger partial charge is 0.358 e. The van der Waals surface area contributed by atoms with Gasteiger partial charge in [0.2, 0.25) is 0 Å². The number of Topliss-reactive ketones (excluding diaryl/α,β-unsaturated/α-hetero) is 1. The van der Waals surface area contributed by atoms with Crippen molar-refractivity contribution in [3.63, 3.8) is 0 Å². The Labute approximate surface area is 143 Å². The third kappa shape index (κ3) is 4.50. The number of benzene rings is 1.